The standard InChI is InChI=1S/C19H30N2/c1-16-13-14-20-19(2,17-9-5-3-6-10-17)15-21(16)18-11-7-4-8-12-18/h3,5-6,9-10,16,18,20H,4,7-8,11-15H2,1-2H3. The summed E-state index contributed by atoms with van der Waals surface area (Å²) < 4.78 is 0. The Morgan fingerprint density at radius 3 is 2.48 bits per heavy atom. The zero-order valence-corrected chi connectivity index (χ0v) is 13.6. The Bertz CT molecular complexity index is 438. The molecule has 1 aliphatic carbocycles. The summed E-state index contributed by atoms with van der Waals surface area (Å²) in [5, 5.41) is 3.83. The Morgan fingerprint density at radius 1 is 1.05 bits per heavy atom. The molecule has 0 bridgehead atoms. The van der Waals surface area contributed by atoms with Crippen LogP contribution in [0.25, 0.3) is 0 Å². The van der Waals surface area contributed by atoms with Crippen molar-refractivity contribution >= 4 is 0 Å². The van der Waals surface area contributed by atoms with Crippen LogP contribution in [0.3, 0.4) is 0 Å². The van der Waals surface area contributed by atoms with Crippen LogP contribution in [0.4, 0.5) is 0 Å². The quantitative estimate of drug-likeness (QED) is 0.886. The number of hydrogen-bond donors (Lipinski definition) is 1. The zero-order chi connectivity index (χ0) is 14.7. The van der Waals surface area contributed by atoms with Crippen molar-refractivity contribution in [1.29, 1.82) is 0 Å². The highest BCUT2D eigenvalue weighted by molar-refractivity contribution is 5.24. The number of nitrogens with one attached hydrogen (secondary N) is 1. The first-order chi connectivity index (χ1) is 10.2. The molecule has 1 aliphatic heterocycles. The maximum Gasteiger partial charge on any atom is 0.0535 e. The van der Waals surface area contributed by atoms with E-state index in [-0.39, 0.29) is 5.54 Å². The molecule has 1 saturated carbocycles. The molecular formula is C19H30N2. The molecule has 0 amide bonds. The lowest BCUT2D eigenvalue weighted by molar-refractivity contribution is 0.0922. The third-order valence-corrected chi connectivity index (χ3v) is 5.60. The first kappa shape index (κ1) is 15.1. The Morgan fingerprint density at radius 2 is 1.76 bits per heavy atom. The van der Waals surface area contributed by atoms with Gasteiger partial charge in [-0.3, -0.25) is 4.90 Å². The predicted octanol–water partition coefficient (Wildman–Crippen LogP) is 3.92. The van der Waals surface area contributed by atoms with E-state index in [0.29, 0.717) is 6.04 Å². The summed E-state index contributed by atoms with van der Waals surface area (Å²) in [5.74, 6) is 0. The fourth-order valence-corrected chi connectivity index (χ4v) is 4.20. The average molecular weight is 286 g/mol. The summed E-state index contributed by atoms with van der Waals surface area (Å²) in [6.07, 6.45) is 8.34. The fraction of sp³-hybridized carbons (Fsp3) is 0.684. The van der Waals surface area contributed by atoms with Crippen molar-refractivity contribution in [2.75, 3.05) is 13.1 Å². The average Bonchev–Trinajstić information content (AvgIpc) is 2.69. The van der Waals surface area contributed by atoms with Crippen LogP contribution in [0, 0.1) is 0 Å². The molecule has 1 heterocycles. The van der Waals surface area contributed by atoms with Crippen molar-refractivity contribution in [3.05, 3.63) is 35.9 Å². The molecular weight excluding hydrogens is 256 g/mol. The van der Waals surface area contributed by atoms with Gasteiger partial charge in [0.25, 0.3) is 0 Å². The summed E-state index contributed by atoms with van der Waals surface area (Å²) in [6.45, 7) is 7.07. The van der Waals surface area contributed by atoms with Crippen LogP contribution in [0.5, 0.6) is 0 Å². The first-order valence-electron chi connectivity index (χ1n) is 8.75. The number of rotatable bonds is 2. The van der Waals surface area contributed by atoms with E-state index in [0.717, 1.165) is 19.1 Å². The second-order valence-corrected chi connectivity index (χ2v) is 7.23. The summed E-state index contributed by atoms with van der Waals surface area (Å²) in [6, 6.07) is 12.5. The minimum Gasteiger partial charge on any atom is -0.306 e. The highest BCUT2D eigenvalue weighted by Gasteiger charge is 2.36. The van der Waals surface area contributed by atoms with E-state index in [1.165, 1.54) is 44.1 Å². The lowest BCUT2D eigenvalue weighted by Gasteiger charge is -2.42. The largest absolute Gasteiger partial charge is 0.306 e. The van der Waals surface area contributed by atoms with Crippen LogP contribution in [0.15, 0.2) is 30.3 Å². The summed E-state index contributed by atoms with van der Waals surface area (Å²) in [4.78, 5) is 2.81. The summed E-state index contributed by atoms with van der Waals surface area (Å²) in [5.41, 5.74) is 1.52. The molecule has 0 spiro atoms. The molecule has 21 heavy (non-hydrogen) atoms. The lowest BCUT2D eigenvalue weighted by atomic mass is 9.88. The molecule has 116 valence electrons. The summed E-state index contributed by atoms with van der Waals surface area (Å²) >= 11 is 0. The van der Waals surface area contributed by atoms with Gasteiger partial charge in [0.1, 0.15) is 0 Å². The van der Waals surface area contributed by atoms with E-state index >= 15 is 0 Å². The fourth-order valence-electron chi connectivity index (χ4n) is 4.20. The second-order valence-electron chi connectivity index (χ2n) is 7.23. The molecule has 2 heteroatoms. The summed E-state index contributed by atoms with van der Waals surface area (Å²) in [7, 11) is 0. The van der Waals surface area contributed by atoms with Crippen molar-refractivity contribution in [2.45, 2.75) is 70.0 Å². The normalized spacial score (nSPS) is 32.8. The first-order valence-corrected chi connectivity index (χ1v) is 8.75. The van der Waals surface area contributed by atoms with Crippen LogP contribution in [-0.4, -0.2) is 30.1 Å². The number of hydrogen-bond acceptors (Lipinski definition) is 2. The lowest BCUT2D eigenvalue weighted by Crippen LogP contribution is -2.51. The Hall–Kier alpha value is -0.860. The van der Waals surface area contributed by atoms with Gasteiger partial charge in [0, 0.05) is 18.6 Å². The van der Waals surface area contributed by atoms with Gasteiger partial charge < -0.3 is 5.32 Å². The van der Waals surface area contributed by atoms with Crippen LogP contribution in [0.2, 0.25) is 0 Å². The van der Waals surface area contributed by atoms with E-state index in [1.54, 1.807) is 0 Å². The molecule has 1 aromatic rings. The van der Waals surface area contributed by atoms with Crippen molar-refractivity contribution in [3.8, 4) is 0 Å². The van der Waals surface area contributed by atoms with Gasteiger partial charge in [-0.05, 0) is 45.2 Å². The monoisotopic (exact) mass is 286 g/mol. The minimum absolute atomic E-state index is 0.0868. The van der Waals surface area contributed by atoms with Gasteiger partial charge in [-0.1, -0.05) is 49.6 Å². The molecule has 2 unspecified atom stereocenters. The highest BCUT2D eigenvalue weighted by Crippen LogP contribution is 2.31. The Kier molecular flexibility index (Phi) is 4.66. The number of benzene rings is 1. The molecule has 0 aromatic heterocycles. The minimum atomic E-state index is 0.0868. The van der Waals surface area contributed by atoms with Gasteiger partial charge >= 0.3 is 0 Å². The highest BCUT2D eigenvalue weighted by atomic mass is 15.2. The third kappa shape index (κ3) is 3.32. The Balaban J connectivity index is 1.82. The maximum absolute atomic E-state index is 3.83. The topological polar surface area (TPSA) is 15.3 Å². The van der Waals surface area contributed by atoms with E-state index < -0.39 is 0 Å². The molecule has 0 radical (unpaired) electrons. The van der Waals surface area contributed by atoms with Crippen molar-refractivity contribution in [3.63, 3.8) is 0 Å². The van der Waals surface area contributed by atoms with Gasteiger partial charge in [0.15, 0.2) is 0 Å². The van der Waals surface area contributed by atoms with Gasteiger partial charge in [0.2, 0.25) is 0 Å². The van der Waals surface area contributed by atoms with E-state index in [1.807, 2.05) is 0 Å². The van der Waals surface area contributed by atoms with Gasteiger partial charge in [0.05, 0.1) is 5.54 Å². The van der Waals surface area contributed by atoms with Crippen LogP contribution in [0.1, 0.15) is 57.9 Å². The van der Waals surface area contributed by atoms with Gasteiger partial charge in [-0.25, -0.2) is 0 Å². The third-order valence-electron chi connectivity index (χ3n) is 5.60. The molecule has 1 saturated heterocycles. The van der Waals surface area contributed by atoms with E-state index in [2.05, 4.69) is 54.4 Å². The Labute approximate surface area is 129 Å². The van der Waals surface area contributed by atoms with Crippen molar-refractivity contribution in [2.24, 2.45) is 0 Å². The smallest absolute Gasteiger partial charge is 0.0535 e. The second kappa shape index (κ2) is 6.50. The van der Waals surface area contributed by atoms with Crippen LogP contribution < -0.4 is 5.32 Å². The maximum atomic E-state index is 3.83. The number of nitrogens with zero attached hydrogens (tertiary/aromatic N) is 1. The van der Waals surface area contributed by atoms with Crippen LogP contribution in [-0.2, 0) is 5.54 Å². The molecule has 2 nitrogen and oxygen atoms in total. The van der Waals surface area contributed by atoms with Crippen LogP contribution >= 0.6 is 0 Å². The van der Waals surface area contributed by atoms with Gasteiger partial charge in [-0.15, -0.1) is 0 Å². The van der Waals surface area contributed by atoms with E-state index in [9.17, 15) is 0 Å². The SMILES string of the molecule is CC1CCNC(C)(c2ccccc2)CN1C1CCCCC1. The molecule has 2 fully saturated rings. The zero-order valence-electron chi connectivity index (χ0n) is 13.6. The van der Waals surface area contributed by atoms with Crippen molar-refractivity contribution in [1.82, 2.24) is 10.2 Å². The molecule has 1 aromatic carbocycles. The van der Waals surface area contributed by atoms with Crippen molar-refractivity contribution < 1.29 is 0 Å². The molecule has 2 atom stereocenters. The molecule has 3 rings (SSSR count). The van der Waals surface area contributed by atoms with Gasteiger partial charge in [-0.2, -0.15) is 0 Å². The molecule has 2 aliphatic rings. The molecule has 1 N–H and O–H groups in total. The predicted molar refractivity (Wildman–Crippen MR) is 89.5 cm³/mol. The van der Waals surface area contributed by atoms with E-state index in [4.69, 9.17) is 0 Å².